The molecule has 494 valence electrons. The molecule has 4 aliphatic rings. The Kier molecular flexibility index (Phi) is 22.4. The Labute approximate surface area is 572 Å². The van der Waals surface area contributed by atoms with Crippen molar-refractivity contribution in [2.24, 2.45) is 23.7 Å². The van der Waals surface area contributed by atoms with Crippen LogP contribution in [0.2, 0.25) is 40.2 Å². The van der Waals surface area contributed by atoms with Gasteiger partial charge in [-0.25, -0.2) is 29.9 Å². The van der Waals surface area contributed by atoms with Crippen LogP contribution in [0.25, 0.3) is 89.7 Å². The molecule has 0 unspecified atom stereocenters. The number of ether oxygens (including phenoxy) is 12. The average molecular weight is 1430 g/mol. The molecule has 92 heavy (non-hydrogen) atoms. The molecule has 0 amide bonds. The number of nitrogens with one attached hydrogen (secondary N) is 2. The van der Waals surface area contributed by atoms with Gasteiger partial charge in [0.2, 0.25) is 0 Å². The Bertz CT molecular complexity index is 3840. The molecule has 7 aromatic rings. The maximum Gasteiger partial charge on any atom is 0.168 e. The van der Waals surface area contributed by atoms with E-state index in [9.17, 15) is 0 Å². The molecule has 4 aliphatic heterocycles. The summed E-state index contributed by atoms with van der Waals surface area (Å²) in [5.41, 5.74) is 1.45. The monoisotopic (exact) mass is 1420 g/mol. The predicted molar refractivity (Wildman–Crippen MR) is 361 cm³/mol. The van der Waals surface area contributed by atoms with E-state index in [2.05, 4.69) is 65.4 Å². The number of halogens is 8. The van der Waals surface area contributed by atoms with Crippen molar-refractivity contribution in [1.82, 2.24) is 39.9 Å². The Morgan fingerprint density at radius 2 is 0.554 bits per heavy atom. The number of fused-ring (bicyclic) bond motifs is 8. The lowest BCUT2D eigenvalue weighted by Crippen LogP contribution is -2.14. The minimum atomic E-state index is 0.000332. The lowest BCUT2D eigenvalue weighted by atomic mass is 10.0. The molecule has 28 heteroatoms. The summed E-state index contributed by atoms with van der Waals surface area (Å²) in [4.78, 5) is 39.4. The SMILES string of the molecule is CC(C)CCOc1c(Cl)c(Cl)c2c3c1-c1nc-3nc3[nH]c(nc4nc5nc6[nH]c(n1)c1c(OCCC(C)C)c(Cl)c(Cl)c(c61)OCCOCCOCCOc1c(Cl)c(Cl)c(OCCC(C)C)c-4c1-5)c1c(OCCC(C)C)c(Cl)c(Cl)c(c31)OCCOCCOCCO2. The molecule has 0 atom stereocenters. The number of rotatable bonds is 16. The number of aromatic amines is 2. The fraction of sp³-hybridized carbons (Fsp3) is 0.500. The molecule has 3 aromatic heterocycles. The van der Waals surface area contributed by atoms with E-state index in [1.165, 1.54) is 0 Å². The van der Waals surface area contributed by atoms with Crippen molar-refractivity contribution in [2.75, 3.05) is 106 Å². The topological polar surface area (TPSA) is 220 Å². The standard InChI is InChI=1S/C64H70Cl8N8O12/c1-29(2)9-13-85-49-33-37-53(45(69)41(49)65)89-25-21-81-17-18-82-23-27-91-55-39-35(51(43(67)47(55)71)87-15-11-31(5)6)59-74-60-36-40-56(48(72)44(68)52(36)88-16-12-32(7)8)92-28-24-84-20-19-83-22-26-90-54-38-34(50(42(66)46(54)70)86-14-10-30(3)4)58(76-63(38)80-64(40)78-60)73-57(33)75-61(37)79-62(39)77-59/h29-32H,9-28H2,1-8H3,(H2,73,74,75,76,77,78,79,80). The highest BCUT2D eigenvalue weighted by Crippen LogP contribution is 2.58. The number of hydrogen-bond donors (Lipinski definition) is 2. The van der Waals surface area contributed by atoms with E-state index in [4.69, 9.17) is 180 Å². The van der Waals surface area contributed by atoms with Crippen LogP contribution >= 0.6 is 92.8 Å². The van der Waals surface area contributed by atoms with Crippen molar-refractivity contribution in [3.63, 3.8) is 0 Å². The van der Waals surface area contributed by atoms with E-state index in [0.717, 1.165) is 0 Å². The minimum Gasteiger partial charge on any atom is -0.491 e. The summed E-state index contributed by atoms with van der Waals surface area (Å²) in [5.74, 6) is 1.98. The third-order valence-corrected chi connectivity index (χ3v) is 18.5. The van der Waals surface area contributed by atoms with Gasteiger partial charge in [0.25, 0.3) is 0 Å². The molecule has 20 nitrogen and oxygen atoms in total. The van der Waals surface area contributed by atoms with Crippen LogP contribution in [0.5, 0.6) is 46.0 Å². The summed E-state index contributed by atoms with van der Waals surface area (Å²) in [6.07, 6.45) is 2.53. The average Bonchev–Trinajstić information content (AvgIpc) is 1.56. The van der Waals surface area contributed by atoms with E-state index in [-0.39, 0.29) is 294 Å². The first-order chi connectivity index (χ1) is 44.3. The van der Waals surface area contributed by atoms with Gasteiger partial charge in [-0.05, 0) is 49.4 Å². The molecule has 0 saturated heterocycles. The molecular weight excluding hydrogens is 1360 g/mol. The zero-order valence-corrected chi connectivity index (χ0v) is 58.1. The zero-order valence-electron chi connectivity index (χ0n) is 52.1. The summed E-state index contributed by atoms with van der Waals surface area (Å²) >= 11 is 59.5. The summed E-state index contributed by atoms with van der Waals surface area (Å²) in [6, 6.07) is 0. The van der Waals surface area contributed by atoms with Gasteiger partial charge in [0.05, 0.1) is 123 Å². The van der Waals surface area contributed by atoms with Crippen LogP contribution < -0.4 is 37.9 Å². The van der Waals surface area contributed by atoms with E-state index in [0.29, 0.717) is 36.5 Å². The Morgan fingerprint density at radius 3 is 0.870 bits per heavy atom. The maximum atomic E-state index is 7.44. The smallest absolute Gasteiger partial charge is 0.168 e. The molecular formula is C64H70Cl8N8O12. The van der Waals surface area contributed by atoms with Crippen molar-refractivity contribution >= 4 is 137 Å². The first-order valence-corrected chi connectivity index (χ1v) is 33.7. The van der Waals surface area contributed by atoms with Crippen molar-refractivity contribution in [3.8, 4) is 91.5 Å². The number of nitrogens with zero attached hydrogens (tertiary/aromatic N) is 6. The fourth-order valence-corrected chi connectivity index (χ4v) is 12.3. The third kappa shape index (κ3) is 14.2. The van der Waals surface area contributed by atoms with Gasteiger partial charge in [-0.3, -0.25) is 0 Å². The Hall–Kier alpha value is -5.20. The number of H-pyrrole nitrogens is 2. The summed E-state index contributed by atoms with van der Waals surface area (Å²) in [7, 11) is 0. The van der Waals surface area contributed by atoms with Gasteiger partial charge in [-0.15, -0.1) is 0 Å². The molecule has 0 radical (unpaired) electrons. The molecule has 0 aliphatic carbocycles. The van der Waals surface area contributed by atoms with Crippen molar-refractivity contribution in [1.29, 1.82) is 0 Å². The van der Waals surface area contributed by atoms with Crippen LogP contribution in [-0.4, -0.2) is 146 Å². The zero-order chi connectivity index (χ0) is 65.1. The van der Waals surface area contributed by atoms with Gasteiger partial charge in [0.1, 0.15) is 89.2 Å². The Morgan fingerprint density at radius 1 is 0.304 bits per heavy atom. The molecule has 2 N–H and O–H groups in total. The van der Waals surface area contributed by atoms with Crippen LogP contribution in [-0.2, 0) is 18.9 Å². The van der Waals surface area contributed by atoms with Crippen LogP contribution in [0.15, 0.2) is 0 Å². The summed E-state index contributed by atoms with van der Waals surface area (Å²) in [5, 5.41) is 1.25. The van der Waals surface area contributed by atoms with Gasteiger partial charge >= 0.3 is 0 Å². The van der Waals surface area contributed by atoms with Crippen LogP contribution in [0.1, 0.15) is 81.1 Å². The van der Waals surface area contributed by atoms with Gasteiger partial charge in [0.15, 0.2) is 69.3 Å². The molecule has 0 saturated carbocycles. The maximum absolute atomic E-state index is 7.44. The molecule has 7 heterocycles. The molecule has 8 bridgehead atoms. The minimum absolute atomic E-state index is 0.000332. The van der Waals surface area contributed by atoms with E-state index in [1.807, 2.05) is 0 Å². The third-order valence-electron chi connectivity index (χ3n) is 15.2. The van der Waals surface area contributed by atoms with Crippen molar-refractivity contribution in [2.45, 2.75) is 81.1 Å². The first kappa shape index (κ1) is 68.2. The van der Waals surface area contributed by atoms with E-state index >= 15 is 0 Å². The molecule has 0 fully saturated rings. The van der Waals surface area contributed by atoms with Crippen LogP contribution in [0.4, 0.5) is 0 Å². The second-order valence-electron chi connectivity index (χ2n) is 23.7. The van der Waals surface area contributed by atoms with Gasteiger partial charge in [0, 0.05) is 0 Å². The highest BCUT2D eigenvalue weighted by Gasteiger charge is 2.38. The lowest BCUT2D eigenvalue weighted by molar-refractivity contribution is 0.0276. The van der Waals surface area contributed by atoms with Crippen LogP contribution in [0, 0.1) is 23.7 Å². The lowest BCUT2D eigenvalue weighted by Gasteiger charge is -2.19. The fourth-order valence-electron chi connectivity index (χ4n) is 10.4. The van der Waals surface area contributed by atoms with Crippen molar-refractivity contribution < 1.29 is 56.8 Å². The highest BCUT2D eigenvalue weighted by molar-refractivity contribution is 6.48. The normalized spacial score (nSPS) is 14.9. The van der Waals surface area contributed by atoms with Gasteiger partial charge < -0.3 is 66.8 Å². The predicted octanol–water partition coefficient (Wildman–Crippen LogP) is 17.4. The number of hydrogen-bond acceptors (Lipinski definition) is 18. The van der Waals surface area contributed by atoms with Gasteiger partial charge in [-0.2, -0.15) is 0 Å². The summed E-state index contributed by atoms with van der Waals surface area (Å²) in [6.45, 7) is 18.9. The van der Waals surface area contributed by atoms with Crippen LogP contribution in [0.3, 0.4) is 0 Å². The number of aromatic nitrogens is 8. The second kappa shape index (κ2) is 30.3. The molecule has 0 spiro atoms. The summed E-state index contributed by atoms with van der Waals surface area (Å²) < 4.78 is 77.5. The first-order valence-electron chi connectivity index (χ1n) is 30.7. The van der Waals surface area contributed by atoms with Crippen molar-refractivity contribution in [3.05, 3.63) is 40.2 Å². The Balaban J connectivity index is 1.40. The molecule has 4 aromatic carbocycles. The van der Waals surface area contributed by atoms with E-state index in [1.54, 1.807) is 0 Å². The second-order valence-corrected chi connectivity index (χ2v) is 26.7. The largest absolute Gasteiger partial charge is 0.491 e. The van der Waals surface area contributed by atoms with Gasteiger partial charge in [-0.1, -0.05) is 148 Å². The number of benzene rings is 4. The van der Waals surface area contributed by atoms with E-state index < -0.39 is 0 Å². The highest BCUT2D eigenvalue weighted by atomic mass is 35.5. The molecule has 11 rings (SSSR count). The quantitative estimate of drug-likeness (QED) is 0.0918.